The predicted octanol–water partition coefficient (Wildman–Crippen LogP) is 4.23. The van der Waals surface area contributed by atoms with Crippen molar-refractivity contribution < 1.29 is 36.6 Å². The molecule has 1 atom stereocenters. The molecule has 2 heterocycles. The molecule has 0 aliphatic carbocycles. The molecule has 3 aromatic carbocycles. The Kier molecular flexibility index (Phi) is 7.23. The van der Waals surface area contributed by atoms with Crippen LogP contribution in [0.4, 0.5) is 8.78 Å². The van der Waals surface area contributed by atoms with Gasteiger partial charge in [0.25, 0.3) is 5.91 Å². The summed E-state index contributed by atoms with van der Waals surface area (Å²) in [7, 11) is -3.37. The van der Waals surface area contributed by atoms with E-state index in [0.29, 0.717) is 40.0 Å². The van der Waals surface area contributed by atoms with E-state index >= 15 is 0 Å². The van der Waals surface area contributed by atoms with Crippen LogP contribution in [0.1, 0.15) is 47.2 Å². The van der Waals surface area contributed by atoms with Crippen molar-refractivity contribution in [3.05, 3.63) is 83.2 Å². The Morgan fingerprint density at radius 1 is 1.10 bits per heavy atom. The van der Waals surface area contributed by atoms with Gasteiger partial charge < -0.3 is 24.5 Å². The number of sulfone groups is 1. The zero-order valence-electron chi connectivity index (χ0n) is 21.7. The monoisotopic (exact) mass is 571 g/mol. The molecule has 1 aliphatic rings. The maximum Gasteiger partial charge on any atom is 0.586 e. The number of benzene rings is 3. The van der Waals surface area contributed by atoms with Crippen LogP contribution in [0.2, 0.25) is 0 Å². The van der Waals surface area contributed by atoms with Crippen molar-refractivity contribution in [2.24, 2.45) is 0 Å². The third-order valence-electron chi connectivity index (χ3n) is 6.75. The van der Waals surface area contributed by atoms with Crippen LogP contribution in [0, 0.1) is 0 Å². The molecule has 1 aromatic heterocycles. The normalized spacial score (nSPS) is 14.8. The molecule has 0 spiro atoms. The van der Waals surface area contributed by atoms with E-state index in [1.807, 2.05) is 11.5 Å². The topological polar surface area (TPSA) is 120 Å². The van der Waals surface area contributed by atoms with Crippen LogP contribution in [-0.4, -0.2) is 47.6 Å². The summed E-state index contributed by atoms with van der Waals surface area (Å²) in [5, 5.41) is 12.7. The van der Waals surface area contributed by atoms with E-state index in [1.54, 1.807) is 49.4 Å². The van der Waals surface area contributed by atoms with E-state index < -0.39 is 34.7 Å². The first kappa shape index (κ1) is 27.5. The number of imidazole rings is 1. The van der Waals surface area contributed by atoms with Gasteiger partial charge in [0.15, 0.2) is 21.3 Å². The SMILES string of the molecule is CCc1nc2cc(C(=O)N[C@@H](CO)c3ccc(S(=O)(=O)CC)cc3)ccc2n1Cc1cccc2c1OC(F)(F)O2. The Morgan fingerprint density at radius 2 is 1.85 bits per heavy atom. The van der Waals surface area contributed by atoms with Gasteiger partial charge in [-0.2, -0.15) is 0 Å². The number of carbonyl (C=O) groups is 1. The number of hydrogen-bond acceptors (Lipinski definition) is 7. The van der Waals surface area contributed by atoms with Gasteiger partial charge in [-0.1, -0.05) is 38.1 Å². The van der Waals surface area contributed by atoms with E-state index in [4.69, 9.17) is 4.74 Å². The van der Waals surface area contributed by atoms with Gasteiger partial charge in [-0.25, -0.2) is 13.4 Å². The quantitative estimate of drug-likeness (QED) is 0.309. The molecule has 1 amide bonds. The van der Waals surface area contributed by atoms with Crippen molar-refractivity contribution in [3.63, 3.8) is 0 Å². The molecule has 0 fully saturated rings. The Hall–Kier alpha value is -4.03. The molecule has 0 radical (unpaired) electrons. The van der Waals surface area contributed by atoms with Crippen LogP contribution in [0.25, 0.3) is 11.0 Å². The first-order valence-electron chi connectivity index (χ1n) is 12.7. The molecule has 4 aromatic rings. The Morgan fingerprint density at radius 3 is 2.52 bits per heavy atom. The van der Waals surface area contributed by atoms with Gasteiger partial charge in [0, 0.05) is 17.5 Å². The van der Waals surface area contributed by atoms with Gasteiger partial charge in [-0.15, -0.1) is 8.78 Å². The van der Waals surface area contributed by atoms with Crippen LogP contribution >= 0.6 is 0 Å². The van der Waals surface area contributed by atoms with Gasteiger partial charge in [-0.3, -0.25) is 4.79 Å². The molecule has 0 saturated heterocycles. The lowest BCUT2D eigenvalue weighted by molar-refractivity contribution is -0.286. The molecular weight excluding hydrogens is 544 g/mol. The Labute approximate surface area is 229 Å². The number of para-hydroxylation sites is 1. The lowest BCUT2D eigenvalue weighted by atomic mass is 10.1. The first-order valence-corrected chi connectivity index (χ1v) is 14.3. The van der Waals surface area contributed by atoms with Crippen LogP contribution < -0.4 is 14.8 Å². The van der Waals surface area contributed by atoms with E-state index in [9.17, 15) is 27.1 Å². The fourth-order valence-electron chi connectivity index (χ4n) is 4.64. The van der Waals surface area contributed by atoms with Crippen molar-refractivity contribution in [3.8, 4) is 11.5 Å². The maximum atomic E-state index is 13.7. The Bertz CT molecular complexity index is 1690. The minimum atomic E-state index is -3.73. The summed E-state index contributed by atoms with van der Waals surface area (Å²) in [6.45, 7) is 3.28. The molecule has 210 valence electrons. The number of aliphatic hydroxyl groups excluding tert-OH is 1. The number of hydrogen-bond donors (Lipinski definition) is 2. The fourth-order valence-corrected chi connectivity index (χ4v) is 5.52. The maximum absolute atomic E-state index is 13.7. The number of nitrogens with zero attached hydrogens (tertiary/aromatic N) is 2. The lowest BCUT2D eigenvalue weighted by Gasteiger charge is -2.17. The van der Waals surface area contributed by atoms with E-state index in [2.05, 4.69) is 15.0 Å². The number of alkyl halides is 2. The summed E-state index contributed by atoms with van der Waals surface area (Å²) in [4.78, 5) is 17.9. The van der Waals surface area contributed by atoms with Gasteiger partial charge in [0.2, 0.25) is 0 Å². The number of rotatable bonds is 9. The summed E-state index contributed by atoms with van der Waals surface area (Å²) in [6.07, 6.45) is -3.18. The molecule has 0 bridgehead atoms. The first-order chi connectivity index (χ1) is 19.0. The average molecular weight is 572 g/mol. The van der Waals surface area contributed by atoms with E-state index in [0.717, 1.165) is 0 Å². The number of amides is 1. The van der Waals surface area contributed by atoms with Crippen LogP contribution in [0.15, 0.2) is 65.6 Å². The van der Waals surface area contributed by atoms with Crippen molar-refractivity contribution in [2.45, 2.75) is 44.0 Å². The molecule has 0 unspecified atom stereocenters. The van der Waals surface area contributed by atoms with Crippen molar-refractivity contribution in [2.75, 3.05) is 12.4 Å². The number of fused-ring (bicyclic) bond motifs is 2. The molecule has 1 aliphatic heterocycles. The molecule has 0 saturated carbocycles. The minimum Gasteiger partial charge on any atom is -0.395 e. The molecule has 40 heavy (non-hydrogen) atoms. The molecule has 12 heteroatoms. The van der Waals surface area contributed by atoms with Crippen molar-refractivity contribution in [1.82, 2.24) is 14.9 Å². The summed E-state index contributed by atoms with van der Waals surface area (Å²) in [5.41, 5.74) is 2.59. The van der Waals surface area contributed by atoms with Gasteiger partial charge in [-0.05, 0) is 42.0 Å². The highest BCUT2D eigenvalue weighted by Gasteiger charge is 2.44. The number of aryl methyl sites for hydroxylation is 1. The zero-order valence-corrected chi connectivity index (χ0v) is 22.5. The van der Waals surface area contributed by atoms with E-state index in [-0.39, 0.29) is 28.7 Å². The molecular formula is C28H27F2N3O6S. The number of nitrogens with one attached hydrogen (secondary N) is 1. The summed E-state index contributed by atoms with van der Waals surface area (Å²) >= 11 is 0. The van der Waals surface area contributed by atoms with Gasteiger partial charge >= 0.3 is 6.29 Å². The molecule has 9 nitrogen and oxygen atoms in total. The second kappa shape index (κ2) is 10.5. The van der Waals surface area contributed by atoms with Crippen LogP contribution in [0.5, 0.6) is 11.5 Å². The second-order valence-corrected chi connectivity index (χ2v) is 11.5. The summed E-state index contributed by atoms with van der Waals surface area (Å²) in [5.74, 6) is 0.140. The minimum absolute atomic E-state index is 0.0252. The summed E-state index contributed by atoms with van der Waals surface area (Å²) < 4.78 is 62.7. The largest absolute Gasteiger partial charge is 0.586 e. The third kappa shape index (κ3) is 5.24. The van der Waals surface area contributed by atoms with Crippen LogP contribution in [0.3, 0.4) is 0 Å². The second-order valence-electron chi connectivity index (χ2n) is 9.26. The van der Waals surface area contributed by atoms with Gasteiger partial charge in [0.05, 0.1) is 40.9 Å². The Balaban J connectivity index is 1.39. The number of aromatic nitrogens is 2. The average Bonchev–Trinajstić information content (AvgIpc) is 3.46. The highest BCUT2D eigenvalue weighted by Crippen LogP contribution is 2.43. The smallest absolute Gasteiger partial charge is 0.395 e. The standard InChI is InChI=1S/C28H27F2N3O6S/c1-3-25-31-21-14-18(27(35)32-22(16-34)17-8-11-20(12-9-17)40(36,37)4-2)10-13-23(21)33(25)15-19-6-5-7-24-26(19)39-28(29,30)38-24/h5-14,22,34H,3-4,15-16H2,1-2H3,(H,32,35)/t22-/m0/s1. The highest BCUT2D eigenvalue weighted by atomic mass is 32.2. The zero-order chi connectivity index (χ0) is 28.7. The lowest BCUT2D eigenvalue weighted by Crippen LogP contribution is -2.30. The predicted molar refractivity (Wildman–Crippen MR) is 142 cm³/mol. The number of carbonyl (C=O) groups excluding carboxylic acids is 1. The van der Waals surface area contributed by atoms with Crippen molar-refractivity contribution >= 4 is 26.8 Å². The fraction of sp³-hybridized carbons (Fsp3) is 0.286. The van der Waals surface area contributed by atoms with Gasteiger partial charge in [0.1, 0.15) is 5.82 Å². The third-order valence-corrected chi connectivity index (χ3v) is 8.50. The number of halogens is 2. The summed E-state index contributed by atoms with van der Waals surface area (Å²) in [6, 6.07) is 14.9. The highest BCUT2D eigenvalue weighted by molar-refractivity contribution is 7.91. The van der Waals surface area contributed by atoms with E-state index in [1.165, 1.54) is 18.2 Å². The molecule has 5 rings (SSSR count). The number of aliphatic hydroxyl groups is 1. The van der Waals surface area contributed by atoms with Crippen LogP contribution in [-0.2, 0) is 22.8 Å². The molecule has 2 N–H and O–H groups in total. The van der Waals surface area contributed by atoms with Crippen molar-refractivity contribution in [1.29, 1.82) is 0 Å². The number of ether oxygens (including phenoxy) is 2.